The van der Waals surface area contributed by atoms with E-state index in [1.807, 2.05) is 0 Å². The highest BCUT2D eigenvalue weighted by Gasteiger charge is 2.37. The minimum absolute atomic E-state index is 0.106. The Balaban J connectivity index is 2.63. The predicted octanol–water partition coefficient (Wildman–Crippen LogP) is 2.89. The van der Waals surface area contributed by atoms with E-state index in [0.29, 0.717) is 6.61 Å². The standard InChI is InChI=1S/C11H20O2/c1-4-6-8-11(5-2)10(12-3)7-9-13-11/h7H,4-6,8-9H2,1-3H3. The fraction of sp³-hybridized carbons (Fsp3) is 0.818. The van der Waals surface area contributed by atoms with Crippen molar-refractivity contribution >= 4 is 0 Å². The van der Waals surface area contributed by atoms with E-state index in [1.165, 1.54) is 12.8 Å². The van der Waals surface area contributed by atoms with E-state index >= 15 is 0 Å². The van der Waals surface area contributed by atoms with Crippen LogP contribution >= 0.6 is 0 Å². The summed E-state index contributed by atoms with van der Waals surface area (Å²) < 4.78 is 11.1. The Bertz CT molecular complexity index is 187. The quantitative estimate of drug-likeness (QED) is 0.654. The number of unbranched alkanes of at least 4 members (excludes halogenated alkanes) is 1. The number of hydrogen-bond donors (Lipinski definition) is 0. The first-order chi connectivity index (χ1) is 6.29. The zero-order valence-corrected chi connectivity index (χ0v) is 8.93. The maximum absolute atomic E-state index is 5.78. The van der Waals surface area contributed by atoms with Crippen molar-refractivity contribution in [3.63, 3.8) is 0 Å². The Morgan fingerprint density at radius 1 is 1.54 bits per heavy atom. The fourth-order valence-corrected chi connectivity index (χ4v) is 1.91. The summed E-state index contributed by atoms with van der Waals surface area (Å²) in [7, 11) is 1.73. The van der Waals surface area contributed by atoms with Crippen LogP contribution in [0.1, 0.15) is 39.5 Å². The van der Waals surface area contributed by atoms with Crippen LogP contribution in [0.25, 0.3) is 0 Å². The fourth-order valence-electron chi connectivity index (χ4n) is 1.91. The topological polar surface area (TPSA) is 18.5 Å². The molecule has 76 valence electrons. The highest BCUT2D eigenvalue weighted by molar-refractivity contribution is 5.15. The van der Waals surface area contributed by atoms with Crippen LogP contribution in [-0.4, -0.2) is 19.3 Å². The third kappa shape index (κ3) is 2.05. The molecule has 0 aromatic rings. The first kappa shape index (κ1) is 10.6. The van der Waals surface area contributed by atoms with Crippen LogP contribution in [0.5, 0.6) is 0 Å². The second-order valence-corrected chi connectivity index (χ2v) is 3.53. The third-order valence-corrected chi connectivity index (χ3v) is 2.80. The molecule has 1 aliphatic rings. The molecule has 0 fully saturated rings. The molecule has 2 heteroatoms. The van der Waals surface area contributed by atoms with Crippen LogP contribution in [0.15, 0.2) is 11.8 Å². The van der Waals surface area contributed by atoms with Gasteiger partial charge >= 0.3 is 0 Å². The molecule has 0 spiro atoms. The Morgan fingerprint density at radius 3 is 2.85 bits per heavy atom. The molecule has 0 radical (unpaired) electrons. The van der Waals surface area contributed by atoms with Crippen molar-refractivity contribution in [2.45, 2.75) is 45.1 Å². The summed E-state index contributed by atoms with van der Waals surface area (Å²) in [6, 6.07) is 0. The lowest BCUT2D eigenvalue weighted by Gasteiger charge is -2.29. The van der Waals surface area contributed by atoms with Gasteiger partial charge in [-0.2, -0.15) is 0 Å². The first-order valence-electron chi connectivity index (χ1n) is 5.17. The molecule has 0 aliphatic carbocycles. The lowest BCUT2D eigenvalue weighted by molar-refractivity contribution is -0.0237. The van der Waals surface area contributed by atoms with Gasteiger partial charge in [0.2, 0.25) is 0 Å². The summed E-state index contributed by atoms with van der Waals surface area (Å²) in [6.07, 6.45) is 6.56. The van der Waals surface area contributed by atoms with Gasteiger partial charge in [-0.3, -0.25) is 0 Å². The normalized spacial score (nSPS) is 27.5. The van der Waals surface area contributed by atoms with Crippen LogP contribution < -0.4 is 0 Å². The monoisotopic (exact) mass is 184 g/mol. The summed E-state index contributed by atoms with van der Waals surface area (Å²) in [5, 5.41) is 0. The number of methoxy groups -OCH3 is 1. The van der Waals surface area contributed by atoms with E-state index in [0.717, 1.165) is 18.6 Å². The van der Waals surface area contributed by atoms with Crippen LogP contribution in [0, 0.1) is 0 Å². The molecular weight excluding hydrogens is 164 g/mol. The highest BCUT2D eigenvalue weighted by atomic mass is 16.5. The molecule has 0 bridgehead atoms. The molecule has 0 saturated carbocycles. The molecule has 1 rings (SSSR count). The van der Waals surface area contributed by atoms with E-state index in [4.69, 9.17) is 9.47 Å². The van der Waals surface area contributed by atoms with Crippen molar-refractivity contribution in [3.8, 4) is 0 Å². The molecule has 0 saturated heterocycles. The van der Waals surface area contributed by atoms with Crippen molar-refractivity contribution in [1.29, 1.82) is 0 Å². The van der Waals surface area contributed by atoms with E-state index in [2.05, 4.69) is 19.9 Å². The first-order valence-corrected chi connectivity index (χ1v) is 5.17. The maximum Gasteiger partial charge on any atom is 0.126 e. The van der Waals surface area contributed by atoms with Crippen molar-refractivity contribution in [3.05, 3.63) is 11.8 Å². The molecule has 0 N–H and O–H groups in total. The predicted molar refractivity (Wildman–Crippen MR) is 53.6 cm³/mol. The van der Waals surface area contributed by atoms with Gasteiger partial charge in [-0.25, -0.2) is 0 Å². The minimum atomic E-state index is -0.106. The molecule has 1 aliphatic heterocycles. The van der Waals surface area contributed by atoms with Gasteiger partial charge < -0.3 is 9.47 Å². The highest BCUT2D eigenvalue weighted by Crippen LogP contribution is 2.35. The Morgan fingerprint density at radius 2 is 2.31 bits per heavy atom. The zero-order chi connectivity index (χ0) is 9.73. The van der Waals surface area contributed by atoms with Gasteiger partial charge in [0.05, 0.1) is 13.7 Å². The lowest BCUT2D eigenvalue weighted by atomic mass is 9.92. The Hall–Kier alpha value is -0.500. The average Bonchev–Trinajstić information content (AvgIpc) is 2.58. The van der Waals surface area contributed by atoms with Gasteiger partial charge in [0.1, 0.15) is 11.4 Å². The van der Waals surface area contributed by atoms with Gasteiger partial charge in [-0.15, -0.1) is 0 Å². The smallest absolute Gasteiger partial charge is 0.126 e. The van der Waals surface area contributed by atoms with Crippen molar-refractivity contribution in [1.82, 2.24) is 0 Å². The summed E-state index contributed by atoms with van der Waals surface area (Å²) >= 11 is 0. The SMILES string of the molecule is CCCCC1(CC)OCC=C1OC. The van der Waals surface area contributed by atoms with Gasteiger partial charge in [0.15, 0.2) is 0 Å². The Labute approximate surface area is 80.9 Å². The van der Waals surface area contributed by atoms with Crippen LogP contribution in [0.4, 0.5) is 0 Å². The minimum Gasteiger partial charge on any atom is -0.498 e. The molecule has 2 nitrogen and oxygen atoms in total. The van der Waals surface area contributed by atoms with Gasteiger partial charge in [0, 0.05) is 0 Å². The average molecular weight is 184 g/mol. The molecule has 1 unspecified atom stereocenters. The number of rotatable bonds is 5. The second kappa shape index (κ2) is 4.66. The van der Waals surface area contributed by atoms with Crippen LogP contribution in [0.3, 0.4) is 0 Å². The van der Waals surface area contributed by atoms with Crippen LogP contribution in [0.2, 0.25) is 0 Å². The van der Waals surface area contributed by atoms with E-state index in [9.17, 15) is 0 Å². The van der Waals surface area contributed by atoms with Crippen molar-refractivity contribution in [2.24, 2.45) is 0 Å². The molecule has 1 heterocycles. The summed E-state index contributed by atoms with van der Waals surface area (Å²) in [6.45, 7) is 5.07. The van der Waals surface area contributed by atoms with Crippen molar-refractivity contribution < 1.29 is 9.47 Å². The summed E-state index contributed by atoms with van der Waals surface area (Å²) in [5.74, 6) is 1.03. The zero-order valence-electron chi connectivity index (χ0n) is 8.93. The number of ether oxygens (including phenoxy) is 2. The molecule has 13 heavy (non-hydrogen) atoms. The van der Waals surface area contributed by atoms with E-state index in [-0.39, 0.29) is 5.60 Å². The largest absolute Gasteiger partial charge is 0.498 e. The summed E-state index contributed by atoms with van der Waals surface area (Å²) in [4.78, 5) is 0. The van der Waals surface area contributed by atoms with Gasteiger partial charge in [-0.05, 0) is 18.9 Å². The maximum atomic E-state index is 5.78. The summed E-state index contributed by atoms with van der Waals surface area (Å²) in [5.41, 5.74) is -0.106. The molecule has 1 atom stereocenters. The number of hydrogen-bond acceptors (Lipinski definition) is 2. The van der Waals surface area contributed by atoms with Crippen LogP contribution in [-0.2, 0) is 9.47 Å². The van der Waals surface area contributed by atoms with Crippen molar-refractivity contribution in [2.75, 3.05) is 13.7 Å². The molecular formula is C11H20O2. The second-order valence-electron chi connectivity index (χ2n) is 3.53. The Kier molecular flexibility index (Phi) is 3.79. The molecule has 0 aromatic carbocycles. The van der Waals surface area contributed by atoms with E-state index in [1.54, 1.807) is 7.11 Å². The van der Waals surface area contributed by atoms with Gasteiger partial charge in [-0.1, -0.05) is 26.7 Å². The van der Waals surface area contributed by atoms with E-state index < -0.39 is 0 Å². The van der Waals surface area contributed by atoms with Gasteiger partial charge in [0.25, 0.3) is 0 Å². The molecule has 0 aromatic heterocycles. The lowest BCUT2D eigenvalue weighted by Crippen LogP contribution is -2.31. The third-order valence-electron chi connectivity index (χ3n) is 2.80. The molecule has 0 amide bonds.